The number of halogens is 3. The average Bonchev–Trinajstić information content (AvgIpc) is 2.91. The van der Waals surface area contributed by atoms with Crippen molar-refractivity contribution in [2.24, 2.45) is 5.41 Å². The number of fused-ring (bicyclic) bond motifs is 1. The van der Waals surface area contributed by atoms with E-state index in [9.17, 15) is 18.3 Å². The van der Waals surface area contributed by atoms with Crippen LogP contribution in [0.2, 0.25) is 0 Å². The van der Waals surface area contributed by atoms with E-state index < -0.39 is 17.5 Å². The summed E-state index contributed by atoms with van der Waals surface area (Å²) in [6, 6.07) is 7.53. The van der Waals surface area contributed by atoms with Crippen LogP contribution >= 0.6 is 0 Å². The first kappa shape index (κ1) is 28.2. The molecule has 1 atom stereocenters. The number of aryl methyl sites for hydroxylation is 1. The number of benzene rings is 2. The summed E-state index contributed by atoms with van der Waals surface area (Å²) in [6.45, 7) is 3.57. The lowest BCUT2D eigenvalue weighted by atomic mass is 9.74. The Balaban J connectivity index is 1.41. The topological polar surface area (TPSA) is 48.8 Å². The fourth-order valence-corrected chi connectivity index (χ4v) is 5.76. The van der Waals surface area contributed by atoms with Crippen molar-refractivity contribution in [3.8, 4) is 5.75 Å². The highest BCUT2D eigenvalue weighted by atomic mass is 19.2. The zero-order valence-corrected chi connectivity index (χ0v) is 22.7. The van der Waals surface area contributed by atoms with Gasteiger partial charge in [-0.3, -0.25) is 4.98 Å². The van der Waals surface area contributed by atoms with Crippen molar-refractivity contribution in [2.75, 3.05) is 45.8 Å². The van der Waals surface area contributed by atoms with Crippen LogP contribution in [0.15, 0.2) is 36.5 Å². The van der Waals surface area contributed by atoms with Gasteiger partial charge in [0.25, 0.3) is 0 Å². The van der Waals surface area contributed by atoms with Gasteiger partial charge in [0.2, 0.25) is 0 Å². The third-order valence-corrected chi connectivity index (χ3v) is 8.18. The van der Waals surface area contributed by atoms with E-state index in [1.54, 1.807) is 7.11 Å². The molecule has 0 aliphatic carbocycles. The van der Waals surface area contributed by atoms with Crippen LogP contribution in [0.25, 0.3) is 10.9 Å². The van der Waals surface area contributed by atoms with Crippen LogP contribution in [-0.4, -0.2) is 61.9 Å². The molecule has 1 saturated heterocycles. The molecule has 5 nitrogen and oxygen atoms in total. The molecule has 0 spiro atoms. The van der Waals surface area contributed by atoms with Crippen LogP contribution in [0.4, 0.5) is 18.9 Å². The lowest BCUT2D eigenvalue weighted by Crippen LogP contribution is -2.46. The van der Waals surface area contributed by atoms with Crippen LogP contribution in [0.3, 0.4) is 0 Å². The van der Waals surface area contributed by atoms with E-state index in [0.717, 1.165) is 73.6 Å². The van der Waals surface area contributed by atoms with Gasteiger partial charge >= 0.3 is 0 Å². The summed E-state index contributed by atoms with van der Waals surface area (Å²) in [5.74, 6) is -2.09. The van der Waals surface area contributed by atoms with Gasteiger partial charge in [-0.05, 0) is 99.3 Å². The largest absolute Gasteiger partial charge is 0.497 e. The number of aliphatic hydroxyl groups is 1. The average molecular weight is 530 g/mol. The normalized spacial score (nSPS) is 16.5. The van der Waals surface area contributed by atoms with E-state index in [1.165, 1.54) is 5.56 Å². The molecule has 1 aliphatic heterocycles. The van der Waals surface area contributed by atoms with Gasteiger partial charge in [-0.25, -0.2) is 13.2 Å². The number of anilines is 1. The number of hydrogen-bond acceptors (Lipinski definition) is 5. The molecule has 0 bridgehead atoms. The molecule has 1 fully saturated rings. The fraction of sp³-hybridized carbons (Fsp3) is 0.500. The maximum Gasteiger partial charge on any atom is 0.162 e. The molecule has 1 aliphatic rings. The molecule has 2 aromatic carbocycles. The maximum atomic E-state index is 14.2. The molecule has 4 rings (SSSR count). The summed E-state index contributed by atoms with van der Waals surface area (Å²) in [6.07, 6.45) is 6.44. The number of piperidine rings is 1. The summed E-state index contributed by atoms with van der Waals surface area (Å²) in [5.41, 5.74) is 3.12. The second-order valence-electron chi connectivity index (χ2n) is 10.9. The Hall–Kier alpha value is -2.84. The standard InChI is InChI=1S/C30H38F3N3O2/c1-20(14-21-15-22(31)16-26(32)29(21)33)36-12-10-30(19-37,11-13-36)9-5-6-24-25-17-23(38-4)7-8-27(25)34-18-28(24)35(2)3/h7-8,15-18,20,37H,5-6,9-14,19H2,1-4H3. The number of pyridine rings is 1. The van der Waals surface area contributed by atoms with Crippen LogP contribution in [0.1, 0.15) is 43.7 Å². The molecule has 3 aromatic rings. The summed E-state index contributed by atoms with van der Waals surface area (Å²) >= 11 is 0. The number of rotatable bonds is 10. The van der Waals surface area contributed by atoms with Crippen LogP contribution in [-0.2, 0) is 12.8 Å². The Labute approximate surface area is 223 Å². The molecule has 38 heavy (non-hydrogen) atoms. The van der Waals surface area contributed by atoms with E-state index in [0.29, 0.717) is 6.07 Å². The second kappa shape index (κ2) is 11.9. The van der Waals surface area contributed by atoms with Crippen molar-refractivity contribution < 1.29 is 23.0 Å². The van der Waals surface area contributed by atoms with Crippen molar-refractivity contribution in [2.45, 2.75) is 51.5 Å². The summed E-state index contributed by atoms with van der Waals surface area (Å²) < 4.78 is 46.9. The Morgan fingerprint density at radius 3 is 2.53 bits per heavy atom. The molecule has 0 amide bonds. The maximum absolute atomic E-state index is 14.2. The van der Waals surface area contributed by atoms with Gasteiger partial charge in [0.05, 0.1) is 24.5 Å². The van der Waals surface area contributed by atoms with E-state index in [2.05, 4.69) is 14.8 Å². The van der Waals surface area contributed by atoms with Crippen molar-refractivity contribution in [1.29, 1.82) is 0 Å². The van der Waals surface area contributed by atoms with Crippen molar-refractivity contribution in [3.63, 3.8) is 0 Å². The quantitative estimate of drug-likeness (QED) is 0.339. The molecular weight excluding hydrogens is 491 g/mol. The van der Waals surface area contributed by atoms with Gasteiger partial charge in [0.15, 0.2) is 11.6 Å². The number of aliphatic hydroxyl groups excluding tert-OH is 1. The van der Waals surface area contributed by atoms with Gasteiger partial charge in [0, 0.05) is 38.2 Å². The van der Waals surface area contributed by atoms with Gasteiger partial charge in [-0.2, -0.15) is 0 Å². The number of aromatic nitrogens is 1. The van der Waals surface area contributed by atoms with E-state index in [-0.39, 0.29) is 30.0 Å². The Morgan fingerprint density at radius 2 is 1.87 bits per heavy atom. The molecule has 206 valence electrons. The van der Waals surface area contributed by atoms with E-state index >= 15 is 0 Å². The Morgan fingerprint density at radius 1 is 1.13 bits per heavy atom. The SMILES string of the molecule is COc1ccc2ncc(N(C)C)c(CCCC3(CO)CCN(C(C)Cc4cc(F)cc(F)c4F)CC3)c2c1. The van der Waals surface area contributed by atoms with Crippen molar-refractivity contribution in [3.05, 3.63) is 65.1 Å². The van der Waals surface area contributed by atoms with E-state index in [4.69, 9.17) is 4.74 Å². The smallest absolute Gasteiger partial charge is 0.162 e. The van der Waals surface area contributed by atoms with Crippen LogP contribution < -0.4 is 9.64 Å². The second-order valence-corrected chi connectivity index (χ2v) is 10.9. The lowest BCUT2D eigenvalue weighted by molar-refractivity contribution is 0.0226. The third kappa shape index (κ3) is 6.07. The molecular formula is C30H38F3N3O2. The molecule has 2 heterocycles. The first-order valence-corrected chi connectivity index (χ1v) is 13.3. The third-order valence-electron chi connectivity index (χ3n) is 8.18. The summed E-state index contributed by atoms with van der Waals surface area (Å²) in [5, 5.41) is 11.5. The van der Waals surface area contributed by atoms with Crippen LogP contribution in [0.5, 0.6) is 5.75 Å². The lowest BCUT2D eigenvalue weighted by Gasteiger charge is -2.43. The van der Waals surface area contributed by atoms with Crippen molar-refractivity contribution in [1.82, 2.24) is 9.88 Å². The molecule has 1 unspecified atom stereocenters. The van der Waals surface area contributed by atoms with Gasteiger partial charge in [-0.1, -0.05) is 0 Å². The number of methoxy groups -OCH3 is 1. The van der Waals surface area contributed by atoms with Gasteiger partial charge < -0.3 is 19.6 Å². The Kier molecular flexibility index (Phi) is 8.83. The summed E-state index contributed by atoms with van der Waals surface area (Å²) in [4.78, 5) is 8.93. The minimum absolute atomic E-state index is 0.0619. The molecule has 0 saturated carbocycles. The fourth-order valence-electron chi connectivity index (χ4n) is 5.76. The highest BCUT2D eigenvalue weighted by Crippen LogP contribution is 2.38. The highest BCUT2D eigenvalue weighted by Gasteiger charge is 2.35. The highest BCUT2D eigenvalue weighted by molar-refractivity contribution is 5.88. The minimum Gasteiger partial charge on any atom is -0.497 e. The van der Waals surface area contributed by atoms with Crippen LogP contribution in [0, 0.1) is 22.9 Å². The predicted molar refractivity (Wildman–Crippen MR) is 145 cm³/mol. The zero-order chi connectivity index (χ0) is 27.4. The number of hydrogen-bond donors (Lipinski definition) is 1. The monoisotopic (exact) mass is 529 g/mol. The van der Waals surface area contributed by atoms with Crippen molar-refractivity contribution >= 4 is 16.6 Å². The molecule has 8 heteroatoms. The number of likely N-dealkylation sites (tertiary alicyclic amines) is 1. The van der Waals surface area contributed by atoms with Gasteiger partial charge in [0.1, 0.15) is 11.6 Å². The molecule has 0 radical (unpaired) electrons. The number of ether oxygens (including phenoxy) is 1. The molecule has 1 N–H and O–H groups in total. The number of nitrogens with zero attached hydrogens (tertiary/aromatic N) is 3. The zero-order valence-electron chi connectivity index (χ0n) is 22.7. The predicted octanol–water partition coefficient (Wildman–Crippen LogP) is 5.76. The minimum atomic E-state index is -1.15. The van der Waals surface area contributed by atoms with E-state index in [1.807, 2.05) is 45.4 Å². The van der Waals surface area contributed by atoms with Gasteiger partial charge in [-0.15, -0.1) is 0 Å². The molecule has 1 aromatic heterocycles. The first-order valence-electron chi connectivity index (χ1n) is 13.3. The first-order chi connectivity index (χ1) is 18.2. The summed E-state index contributed by atoms with van der Waals surface area (Å²) in [7, 11) is 5.70. The Bertz CT molecular complexity index is 1260.